The average Bonchev–Trinajstić information content (AvgIpc) is 2.47. The molecule has 0 atom stereocenters. The monoisotopic (exact) mass is 314 g/mol. The largest absolute Gasteiger partial charge is 0.573 e. The molecular formula is C15H13F3O4. The molecule has 22 heavy (non-hydrogen) atoms. The van der Waals surface area contributed by atoms with E-state index in [-0.39, 0.29) is 0 Å². The summed E-state index contributed by atoms with van der Waals surface area (Å²) in [6, 6.07) is 8.56. The molecule has 0 aromatic heterocycles. The molecule has 0 saturated heterocycles. The van der Waals surface area contributed by atoms with Gasteiger partial charge in [0, 0.05) is 5.56 Å². The lowest BCUT2D eigenvalue weighted by Gasteiger charge is -2.14. The van der Waals surface area contributed by atoms with Crippen LogP contribution in [0, 0.1) is 0 Å². The van der Waals surface area contributed by atoms with Crippen molar-refractivity contribution in [2.75, 3.05) is 14.2 Å². The minimum absolute atomic E-state index is 0.382. The lowest BCUT2D eigenvalue weighted by Crippen LogP contribution is -2.17. The molecule has 0 saturated carbocycles. The van der Waals surface area contributed by atoms with Gasteiger partial charge in [-0.3, -0.25) is 0 Å². The van der Waals surface area contributed by atoms with E-state index in [4.69, 9.17) is 9.47 Å². The van der Waals surface area contributed by atoms with E-state index in [0.717, 1.165) is 12.1 Å². The quantitative estimate of drug-likeness (QED) is 0.927. The molecule has 0 radical (unpaired) electrons. The SMILES string of the molecule is COc1ccc(OC)c(-c2ccc(O)c(OC(F)(F)F)c2)c1. The van der Waals surface area contributed by atoms with Gasteiger partial charge in [0.25, 0.3) is 0 Å². The molecule has 0 bridgehead atoms. The third-order valence-electron chi connectivity index (χ3n) is 2.90. The molecule has 2 aromatic carbocycles. The van der Waals surface area contributed by atoms with E-state index in [1.54, 1.807) is 18.2 Å². The molecule has 0 fully saturated rings. The number of alkyl halides is 3. The first kappa shape index (κ1) is 15.8. The van der Waals surface area contributed by atoms with Crippen molar-refractivity contribution in [2.45, 2.75) is 6.36 Å². The Bertz CT molecular complexity index is 668. The fraction of sp³-hybridized carbons (Fsp3) is 0.200. The molecule has 0 aliphatic rings. The van der Waals surface area contributed by atoms with Crippen molar-refractivity contribution in [3.63, 3.8) is 0 Å². The van der Waals surface area contributed by atoms with Crippen LogP contribution in [-0.4, -0.2) is 25.7 Å². The van der Waals surface area contributed by atoms with Crippen molar-refractivity contribution in [2.24, 2.45) is 0 Å². The Hall–Kier alpha value is -2.57. The van der Waals surface area contributed by atoms with Crippen LogP contribution in [0.1, 0.15) is 0 Å². The zero-order chi connectivity index (χ0) is 16.3. The van der Waals surface area contributed by atoms with Crippen molar-refractivity contribution >= 4 is 0 Å². The number of phenols is 1. The Morgan fingerprint density at radius 3 is 2.23 bits per heavy atom. The normalized spacial score (nSPS) is 11.1. The fourth-order valence-electron chi connectivity index (χ4n) is 1.93. The second-order valence-corrected chi connectivity index (χ2v) is 4.30. The molecule has 118 valence electrons. The topological polar surface area (TPSA) is 47.9 Å². The predicted octanol–water partition coefficient (Wildman–Crippen LogP) is 3.98. The second-order valence-electron chi connectivity index (χ2n) is 4.30. The number of aromatic hydroxyl groups is 1. The lowest BCUT2D eigenvalue weighted by atomic mass is 10.0. The smallest absolute Gasteiger partial charge is 0.504 e. The number of ether oxygens (including phenoxy) is 3. The highest BCUT2D eigenvalue weighted by Crippen LogP contribution is 2.39. The van der Waals surface area contributed by atoms with Gasteiger partial charge in [-0.05, 0) is 35.9 Å². The molecule has 4 nitrogen and oxygen atoms in total. The highest BCUT2D eigenvalue weighted by atomic mass is 19.4. The molecule has 0 amide bonds. The summed E-state index contributed by atoms with van der Waals surface area (Å²) in [7, 11) is 2.92. The number of rotatable bonds is 4. The Kier molecular flexibility index (Phi) is 4.35. The van der Waals surface area contributed by atoms with Gasteiger partial charge in [0.1, 0.15) is 11.5 Å². The van der Waals surface area contributed by atoms with Gasteiger partial charge in [-0.1, -0.05) is 6.07 Å². The zero-order valence-electron chi connectivity index (χ0n) is 11.8. The summed E-state index contributed by atoms with van der Waals surface area (Å²) >= 11 is 0. The van der Waals surface area contributed by atoms with Gasteiger partial charge in [0.05, 0.1) is 14.2 Å². The first-order valence-electron chi connectivity index (χ1n) is 6.15. The summed E-state index contributed by atoms with van der Waals surface area (Å²) in [5, 5.41) is 9.49. The van der Waals surface area contributed by atoms with Gasteiger partial charge in [0.15, 0.2) is 11.5 Å². The van der Waals surface area contributed by atoms with Crippen LogP contribution >= 0.6 is 0 Å². The van der Waals surface area contributed by atoms with E-state index in [1.807, 2.05) is 0 Å². The van der Waals surface area contributed by atoms with Gasteiger partial charge in [-0.2, -0.15) is 0 Å². The molecule has 0 unspecified atom stereocenters. The van der Waals surface area contributed by atoms with Crippen LogP contribution in [0.2, 0.25) is 0 Å². The summed E-state index contributed by atoms with van der Waals surface area (Å²) in [6.45, 7) is 0. The fourth-order valence-corrected chi connectivity index (χ4v) is 1.93. The molecule has 0 heterocycles. The summed E-state index contributed by atoms with van der Waals surface area (Å²) in [5.74, 6) is -0.329. The number of benzene rings is 2. The van der Waals surface area contributed by atoms with Gasteiger partial charge < -0.3 is 19.3 Å². The van der Waals surface area contributed by atoms with Crippen molar-refractivity contribution in [1.29, 1.82) is 0 Å². The third-order valence-corrected chi connectivity index (χ3v) is 2.90. The van der Waals surface area contributed by atoms with E-state index < -0.39 is 17.9 Å². The molecular weight excluding hydrogens is 301 g/mol. The lowest BCUT2D eigenvalue weighted by molar-refractivity contribution is -0.275. The first-order valence-corrected chi connectivity index (χ1v) is 6.15. The zero-order valence-corrected chi connectivity index (χ0v) is 11.8. The number of hydrogen-bond donors (Lipinski definition) is 1. The van der Waals surface area contributed by atoms with Crippen LogP contribution in [0.25, 0.3) is 11.1 Å². The summed E-state index contributed by atoms with van der Waals surface area (Å²) in [6.07, 6.45) is -4.89. The van der Waals surface area contributed by atoms with Crippen molar-refractivity contribution in [1.82, 2.24) is 0 Å². The van der Waals surface area contributed by atoms with Crippen molar-refractivity contribution in [3.8, 4) is 34.1 Å². The van der Waals surface area contributed by atoms with Crippen LogP contribution in [0.3, 0.4) is 0 Å². The first-order chi connectivity index (χ1) is 10.3. The standard InChI is InChI=1S/C15H13F3O4/c1-20-10-4-6-13(21-2)11(8-10)9-3-5-12(19)14(7-9)22-15(16,17)18/h3-8,19H,1-2H3. The van der Waals surface area contributed by atoms with Crippen LogP contribution in [0.4, 0.5) is 13.2 Å². The Morgan fingerprint density at radius 2 is 1.64 bits per heavy atom. The van der Waals surface area contributed by atoms with Gasteiger partial charge in [0.2, 0.25) is 0 Å². The number of methoxy groups -OCH3 is 2. The molecule has 7 heteroatoms. The van der Waals surface area contributed by atoms with Crippen molar-refractivity contribution in [3.05, 3.63) is 36.4 Å². The average molecular weight is 314 g/mol. The molecule has 2 aromatic rings. The maximum absolute atomic E-state index is 12.3. The third kappa shape index (κ3) is 3.55. The summed E-state index contributed by atoms with van der Waals surface area (Å²) in [4.78, 5) is 0. The molecule has 0 aliphatic heterocycles. The van der Waals surface area contributed by atoms with E-state index in [0.29, 0.717) is 22.6 Å². The number of phenolic OH excluding ortho intramolecular Hbond substituents is 1. The maximum atomic E-state index is 12.3. The van der Waals surface area contributed by atoms with Crippen LogP contribution < -0.4 is 14.2 Å². The summed E-state index contributed by atoms with van der Waals surface area (Å²) < 4.78 is 51.1. The van der Waals surface area contributed by atoms with E-state index in [9.17, 15) is 18.3 Å². The summed E-state index contributed by atoms with van der Waals surface area (Å²) in [5.41, 5.74) is 0.890. The van der Waals surface area contributed by atoms with Gasteiger partial charge >= 0.3 is 6.36 Å². The Labute approximate surface area is 124 Å². The highest BCUT2D eigenvalue weighted by Gasteiger charge is 2.32. The van der Waals surface area contributed by atoms with Crippen LogP contribution in [-0.2, 0) is 0 Å². The minimum Gasteiger partial charge on any atom is -0.504 e. The highest BCUT2D eigenvalue weighted by molar-refractivity contribution is 5.74. The van der Waals surface area contributed by atoms with E-state index >= 15 is 0 Å². The van der Waals surface area contributed by atoms with Gasteiger partial charge in [-0.15, -0.1) is 13.2 Å². The van der Waals surface area contributed by atoms with E-state index in [1.165, 1.54) is 20.3 Å². The Balaban J connectivity index is 2.51. The maximum Gasteiger partial charge on any atom is 0.573 e. The van der Waals surface area contributed by atoms with Crippen LogP contribution in [0.15, 0.2) is 36.4 Å². The number of halogens is 3. The number of hydrogen-bond acceptors (Lipinski definition) is 4. The van der Waals surface area contributed by atoms with Gasteiger partial charge in [-0.25, -0.2) is 0 Å². The predicted molar refractivity (Wildman–Crippen MR) is 73.3 cm³/mol. The molecule has 1 N–H and O–H groups in total. The minimum atomic E-state index is -4.89. The Morgan fingerprint density at radius 1 is 0.909 bits per heavy atom. The molecule has 0 aliphatic carbocycles. The molecule has 2 rings (SSSR count). The van der Waals surface area contributed by atoms with E-state index in [2.05, 4.69) is 4.74 Å². The molecule has 0 spiro atoms. The van der Waals surface area contributed by atoms with Crippen molar-refractivity contribution < 1.29 is 32.5 Å². The van der Waals surface area contributed by atoms with Crippen LogP contribution in [0.5, 0.6) is 23.0 Å². The second kappa shape index (κ2) is 6.05.